The number of benzene rings is 6. The van der Waals surface area contributed by atoms with Crippen LogP contribution in [0.4, 0.5) is 0 Å². The second kappa shape index (κ2) is 9.51. The molecule has 0 fully saturated rings. The number of fused-ring (bicyclic) bond motifs is 12. The van der Waals surface area contributed by atoms with Crippen LogP contribution in [-0.4, -0.2) is 4.40 Å². The summed E-state index contributed by atoms with van der Waals surface area (Å²) < 4.78 is 2.53. The second-order valence-electron chi connectivity index (χ2n) is 18.7. The zero-order chi connectivity index (χ0) is 35.6. The summed E-state index contributed by atoms with van der Waals surface area (Å²) in [4.78, 5) is 0. The van der Waals surface area contributed by atoms with Crippen molar-refractivity contribution in [2.24, 2.45) is 0 Å². The number of nitrogens with zero attached hydrogens (tertiary/aromatic N) is 1. The van der Waals surface area contributed by atoms with Crippen LogP contribution >= 0.6 is 0 Å². The van der Waals surface area contributed by atoms with Crippen molar-refractivity contribution >= 4 is 38.1 Å². The van der Waals surface area contributed by atoms with Crippen LogP contribution in [0.15, 0.2) is 103 Å². The van der Waals surface area contributed by atoms with E-state index in [2.05, 4.69) is 177 Å². The Labute approximate surface area is 302 Å². The van der Waals surface area contributed by atoms with E-state index in [1.54, 1.807) is 0 Å². The lowest BCUT2D eigenvalue weighted by Crippen LogP contribution is -2.17. The van der Waals surface area contributed by atoms with E-state index in [1.165, 1.54) is 105 Å². The van der Waals surface area contributed by atoms with Gasteiger partial charge in [0.15, 0.2) is 0 Å². The Balaban J connectivity index is 1.21. The summed E-state index contributed by atoms with van der Waals surface area (Å²) in [5, 5.41) is 5.38. The highest BCUT2D eigenvalue weighted by molar-refractivity contribution is 6.24. The topological polar surface area (TPSA) is 4.41 Å². The average molecular weight is 662 g/mol. The zero-order valence-electron chi connectivity index (χ0n) is 31.8. The van der Waals surface area contributed by atoms with E-state index < -0.39 is 0 Å². The van der Waals surface area contributed by atoms with Gasteiger partial charge >= 0.3 is 0 Å². The van der Waals surface area contributed by atoms with Gasteiger partial charge in [0.25, 0.3) is 0 Å². The molecule has 0 saturated heterocycles. The molecule has 1 heteroatoms. The van der Waals surface area contributed by atoms with Crippen molar-refractivity contribution in [2.45, 2.75) is 90.9 Å². The van der Waals surface area contributed by atoms with E-state index in [0.29, 0.717) is 0 Å². The molecule has 1 nitrogen and oxygen atoms in total. The lowest BCUT2D eigenvalue weighted by molar-refractivity contribution is 0.591. The molecule has 10 rings (SSSR count). The van der Waals surface area contributed by atoms with E-state index in [9.17, 15) is 0 Å². The summed E-state index contributed by atoms with van der Waals surface area (Å²) >= 11 is 0. The van der Waals surface area contributed by atoms with Crippen LogP contribution in [0.1, 0.15) is 103 Å². The monoisotopic (exact) mass is 661 g/mol. The number of hydrogen-bond donors (Lipinski definition) is 0. The average Bonchev–Trinajstić information content (AvgIpc) is 3.74. The Morgan fingerprint density at radius 2 is 0.902 bits per heavy atom. The maximum Gasteiger partial charge on any atom is 0.0620 e. The molecule has 0 amide bonds. The van der Waals surface area contributed by atoms with Crippen molar-refractivity contribution in [3.63, 3.8) is 0 Å². The van der Waals surface area contributed by atoms with E-state index in [1.807, 2.05) is 0 Å². The fourth-order valence-electron chi connectivity index (χ4n) is 9.76. The van der Waals surface area contributed by atoms with Gasteiger partial charge in [-0.15, -0.1) is 0 Å². The molecule has 0 aliphatic heterocycles. The van der Waals surface area contributed by atoms with Crippen LogP contribution in [0, 0.1) is 0 Å². The quantitative estimate of drug-likeness (QED) is 0.165. The normalized spacial score (nSPS) is 16.0. The molecule has 0 N–H and O–H groups in total. The van der Waals surface area contributed by atoms with E-state index in [4.69, 9.17) is 0 Å². The van der Waals surface area contributed by atoms with Crippen LogP contribution < -0.4 is 0 Å². The summed E-state index contributed by atoms with van der Waals surface area (Å²) in [6, 6.07) is 40.6. The Morgan fingerprint density at radius 1 is 0.412 bits per heavy atom. The summed E-state index contributed by atoms with van der Waals surface area (Å²) in [5.74, 6) is 0. The minimum atomic E-state index is -0.107. The highest BCUT2D eigenvalue weighted by Gasteiger charge is 2.41. The van der Waals surface area contributed by atoms with Gasteiger partial charge in [-0.2, -0.15) is 0 Å². The standard InChI is InChI=1S/C50H47N/c1-47(2,3)30-16-19-44-36(24-30)38-21-29(22-39-37-25-31(48(4,5)6)17-20-45(37)51(44)46(38)39)28-15-18-33-35-27-42-34(26-43(35)50(9,10)41(33)23-28)32-13-11-12-14-40(32)49(42,7)8/h11-27H,1-10H3. The second-order valence-corrected chi connectivity index (χ2v) is 18.7. The van der Waals surface area contributed by atoms with Gasteiger partial charge in [0, 0.05) is 32.4 Å². The third-order valence-electron chi connectivity index (χ3n) is 12.8. The van der Waals surface area contributed by atoms with Crippen molar-refractivity contribution in [1.82, 2.24) is 4.40 Å². The van der Waals surface area contributed by atoms with Crippen molar-refractivity contribution in [2.75, 3.05) is 0 Å². The van der Waals surface area contributed by atoms with Crippen molar-refractivity contribution in [3.05, 3.63) is 137 Å². The van der Waals surface area contributed by atoms with Gasteiger partial charge in [0.2, 0.25) is 0 Å². The SMILES string of the molecule is CC(C)(C)c1ccc2c(c1)c1cc(-c3ccc4c(c3)C(C)(C)c3cc5c(cc3-4)C(C)(C)c3ccccc3-5)cc3c4cc(C(C)(C)C)ccc4n2c13. The molecule has 51 heavy (non-hydrogen) atoms. The maximum atomic E-state index is 2.53. The molecule has 2 aliphatic rings. The fraction of sp³-hybridized carbons (Fsp3) is 0.280. The first-order valence-electron chi connectivity index (χ1n) is 18.8. The molecule has 0 spiro atoms. The molecule has 2 aliphatic carbocycles. The number of rotatable bonds is 1. The Hall–Kier alpha value is -4.88. The van der Waals surface area contributed by atoms with Crippen LogP contribution in [0.2, 0.25) is 0 Å². The van der Waals surface area contributed by atoms with Crippen molar-refractivity contribution in [1.29, 1.82) is 0 Å². The van der Waals surface area contributed by atoms with Crippen LogP contribution in [-0.2, 0) is 21.7 Å². The first kappa shape index (κ1) is 30.9. The Morgan fingerprint density at radius 3 is 1.45 bits per heavy atom. The highest BCUT2D eigenvalue weighted by atomic mass is 14.9. The van der Waals surface area contributed by atoms with Gasteiger partial charge in [-0.1, -0.05) is 118 Å². The lowest BCUT2D eigenvalue weighted by Gasteiger charge is -2.24. The van der Waals surface area contributed by atoms with Crippen LogP contribution in [0.3, 0.4) is 0 Å². The van der Waals surface area contributed by atoms with Crippen LogP contribution in [0.5, 0.6) is 0 Å². The Kier molecular flexibility index (Phi) is 5.76. The molecule has 0 saturated carbocycles. The third kappa shape index (κ3) is 3.98. The van der Waals surface area contributed by atoms with Gasteiger partial charge in [0.1, 0.15) is 0 Å². The smallest absolute Gasteiger partial charge is 0.0620 e. The molecule has 252 valence electrons. The van der Waals surface area contributed by atoms with E-state index in [-0.39, 0.29) is 21.7 Å². The van der Waals surface area contributed by atoms with Gasteiger partial charge in [0.05, 0.1) is 16.6 Å². The number of hydrogen-bond acceptors (Lipinski definition) is 0. The Bertz CT molecular complexity index is 2700. The van der Waals surface area contributed by atoms with Gasteiger partial charge in [-0.3, -0.25) is 0 Å². The van der Waals surface area contributed by atoms with Crippen LogP contribution in [0.25, 0.3) is 71.5 Å². The summed E-state index contributed by atoms with van der Waals surface area (Å²) in [6.45, 7) is 23.5. The third-order valence-corrected chi connectivity index (χ3v) is 12.8. The predicted octanol–water partition coefficient (Wildman–Crippen LogP) is 13.7. The fourth-order valence-corrected chi connectivity index (χ4v) is 9.76. The zero-order valence-corrected chi connectivity index (χ0v) is 31.8. The van der Waals surface area contributed by atoms with Gasteiger partial charge in [-0.05, 0) is 132 Å². The van der Waals surface area contributed by atoms with Gasteiger partial charge in [-0.25, -0.2) is 0 Å². The lowest BCUT2D eigenvalue weighted by atomic mass is 9.79. The minimum Gasteiger partial charge on any atom is -0.308 e. The molecule has 8 aromatic rings. The molecule has 2 heterocycles. The first-order valence-corrected chi connectivity index (χ1v) is 18.8. The molecule has 0 bridgehead atoms. The summed E-state index contributed by atoms with van der Waals surface area (Å²) in [7, 11) is 0. The van der Waals surface area contributed by atoms with Gasteiger partial charge < -0.3 is 4.40 Å². The van der Waals surface area contributed by atoms with E-state index in [0.717, 1.165) is 0 Å². The molecule has 0 atom stereocenters. The largest absolute Gasteiger partial charge is 0.308 e. The minimum absolute atomic E-state index is 0.0128. The predicted molar refractivity (Wildman–Crippen MR) is 219 cm³/mol. The van der Waals surface area contributed by atoms with Crippen molar-refractivity contribution < 1.29 is 0 Å². The molecular weight excluding hydrogens is 615 g/mol. The molecule has 2 aromatic heterocycles. The summed E-state index contributed by atoms with van der Waals surface area (Å²) in [5.41, 5.74) is 20.6. The van der Waals surface area contributed by atoms with Crippen molar-refractivity contribution in [3.8, 4) is 33.4 Å². The molecule has 6 aromatic carbocycles. The summed E-state index contributed by atoms with van der Waals surface area (Å²) in [6.07, 6.45) is 0. The molecule has 0 radical (unpaired) electrons. The number of aromatic nitrogens is 1. The molecule has 0 unspecified atom stereocenters. The first-order chi connectivity index (χ1) is 24.0. The van der Waals surface area contributed by atoms with E-state index >= 15 is 0 Å². The maximum absolute atomic E-state index is 2.53. The highest BCUT2D eigenvalue weighted by Crippen LogP contribution is 2.56. The molecular formula is C50H47N.